The molecule has 0 bridgehead atoms. The number of amides is 1. The Morgan fingerprint density at radius 2 is 1.84 bits per heavy atom. The molecule has 1 amide bonds. The number of nitrogens with one attached hydrogen (secondary N) is 2. The minimum absolute atomic E-state index is 0.224. The maximum Gasteiger partial charge on any atom is 0.337 e. The Bertz CT molecular complexity index is 1030. The lowest BCUT2D eigenvalue weighted by Gasteiger charge is -2.36. The molecule has 0 aromatic heterocycles. The Morgan fingerprint density at radius 1 is 1.16 bits per heavy atom. The smallest absolute Gasteiger partial charge is 0.337 e. The molecule has 3 rings (SSSR count). The minimum Gasteiger partial charge on any atom is -0.466 e. The molecule has 0 radical (unpaired) electrons. The Hall–Kier alpha value is -3.45. The van der Waals surface area contributed by atoms with Crippen molar-refractivity contribution in [3.05, 3.63) is 83.1 Å². The van der Waals surface area contributed by atoms with E-state index in [0.29, 0.717) is 22.9 Å². The second-order valence-corrected chi connectivity index (χ2v) is 7.36. The number of benzene rings is 2. The molecule has 0 saturated carbocycles. The number of rotatable bonds is 6. The molecule has 2 N–H and O–H groups in total. The SMILES string of the molecule is CCN1C(=S)NC(c2ccc(NC(=O)/C=C/c3ccccc3)cc2)C(C(=O)OC)=C1C. The van der Waals surface area contributed by atoms with E-state index in [9.17, 15) is 9.59 Å². The number of hydrogen-bond acceptors (Lipinski definition) is 4. The molecule has 0 fully saturated rings. The Kier molecular flexibility index (Phi) is 7.20. The van der Waals surface area contributed by atoms with Crippen molar-refractivity contribution in [2.45, 2.75) is 19.9 Å². The van der Waals surface area contributed by atoms with Crippen molar-refractivity contribution in [2.75, 3.05) is 19.0 Å². The first kappa shape index (κ1) is 22.2. The van der Waals surface area contributed by atoms with E-state index in [2.05, 4.69) is 10.6 Å². The van der Waals surface area contributed by atoms with Gasteiger partial charge < -0.3 is 20.3 Å². The predicted molar refractivity (Wildman–Crippen MR) is 126 cm³/mol. The molecule has 160 valence electrons. The van der Waals surface area contributed by atoms with E-state index in [0.717, 1.165) is 16.8 Å². The zero-order chi connectivity index (χ0) is 22.4. The maximum atomic E-state index is 12.5. The highest BCUT2D eigenvalue weighted by atomic mass is 32.1. The summed E-state index contributed by atoms with van der Waals surface area (Å²) in [6, 6.07) is 16.5. The summed E-state index contributed by atoms with van der Waals surface area (Å²) < 4.78 is 5.01. The highest BCUT2D eigenvalue weighted by Gasteiger charge is 2.33. The van der Waals surface area contributed by atoms with Crippen LogP contribution in [0.1, 0.15) is 31.0 Å². The van der Waals surface area contributed by atoms with E-state index < -0.39 is 12.0 Å². The van der Waals surface area contributed by atoms with Gasteiger partial charge in [-0.1, -0.05) is 42.5 Å². The number of allylic oxidation sites excluding steroid dienone is 1. The van der Waals surface area contributed by atoms with Crippen LogP contribution in [0.15, 0.2) is 71.9 Å². The molecule has 1 aliphatic rings. The summed E-state index contributed by atoms with van der Waals surface area (Å²) in [6.45, 7) is 4.48. The van der Waals surface area contributed by atoms with Crippen LogP contribution in [-0.4, -0.2) is 35.5 Å². The molecule has 7 heteroatoms. The van der Waals surface area contributed by atoms with Crippen molar-refractivity contribution in [3.8, 4) is 0 Å². The van der Waals surface area contributed by atoms with Gasteiger partial charge in [0.1, 0.15) is 0 Å². The minimum atomic E-state index is -0.425. The van der Waals surface area contributed by atoms with Crippen LogP contribution in [0.4, 0.5) is 5.69 Å². The van der Waals surface area contributed by atoms with Gasteiger partial charge in [-0.2, -0.15) is 0 Å². The molecular formula is C24H25N3O3S. The lowest BCUT2D eigenvalue weighted by atomic mass is 9.95. The highest BCUT2D eigenvalue weighted by Crippen LogP contribution is 2.31. The van der Waals surface area contributed by atoms with Crippen LogP contribution in [0.25, 0.3) is 6.08 Å². The van der Waals surface area contributed by atoms with Crippen molar-refractivity contribution in [1.29, 1.82) is 0 Å². The molecule has 0 saturated heterocycles. The molecule has 2 aromatic rings. The Labute approximate surface area is 187 Å². The number of carbonyl (C=O) groups excluding carboxylic acids is 2. The number of carbonyl (C=O) groups is 2. The summed E-state index contributed by atoms with van der Waals surface area (Å²) in [5.41, 5.74) is 3.73. The van der Waals surface area contributed by atoms with E-state index in [1.54, 1.807) is 18.2 Å². The topological polar surface area (TPSA) is 70.7 Å². The lowest BCUT2D eigenvalue weighted by molar-refractivity contribution is -0.136. The molecule has 0 spiro atoms. The van der Waals surface area contributed by atoms with Crippen LogP contribution in [0, 0.1) is 0 Å². The fourth-order valence-electron chi connectivity index (χ4n) is 3.47. The van der Waals surface area contributed by atoms with Gasteiger partial charge in [-0.15, -0.1) is 0 Å². The molecule has 1 atom stereocenters. The summed E-state index contributed by atoms with van der Waals surface area (Å²) in [5.74, 6) is -0.627. The number of nitrogens with zero attached hydrogens (tertiary/aromatic N) is 1. The third-order valence-electron chi connectivity index (χ3n) is 5.06. The largest absolute Gasteiger partial charge is 0.466 e. The van der Waals surface area contributed by atoms with Crippen molar-refractivity contribution in [3.63, 3.8) is 0 Å². The van der Waals surface area contributed by atoms with Crippen LogP contribution in [0.2, 0.25) is 0 Å². The third kappa shape index (κ3) is 5.19. The van der Waals surface area contributed by atoms with Gasteiger partial charge in [0, 0.05) is 24.0 Å². The van der Waals surface area contributed by atoms with Crippen LogP contribution in [-0.2, 0) is 14.3 Å². The van der Waals surface area contributed by atoms with Gasteiger partial charge in [0.15, 0.2) is 5.11 Å². The summed E-state index contributed by atoms with van der Waals surface area (Å²) in [7, 11) is 1.37. The first-order chi connectivity index (χ1) is 14.9. The molecular weight excluding hydrogens is 410 g/mol. The highest BCUT2D eigenvalue weighted by molar-refractivity contribution is 7.80. The summed E-state index contributed by atoms with van der Waals surface area (Å²) in [4.78, 5) is 26.5. The molecule has 2 aromatic carbocycles. The average Bonchev–Trinajstić information content (AvgIpc) is 2.78. The number of esters is 1. The van der Waals surface area contributed by atoms with Crippen LogP contribution < -0.4 is 10.6 Å². The first-order valence-corrected chi connectivity index (χ1v) is 10.4. The molecule has 1 heterocycles. The fraction of sp³-hybridized carbons (Fsp3) is 0.208. The number of methoxy groups -OCH3 is 1. The van der Waals surface area contributed by atoms with Crippen LogP contribution in [0.3, 0.4) is 0 Å². The Morgan fingerprint density at radius 3 is 2.45 bits per heavy atom. The normalized spacial score (nSPS) is 16.3. The van der Waals surface area contributed by atoms with Gasteiger partial charge in [-0.05, 0) is 55.4 Å². The van der Waals surface area contributed by atoms with Gasteiger partial charge in [-0.3, -0.25) is 4.79 Å². The standard InChI is InChI=1S/C24H25N3O3S/c1-4-27-16(2)21(23(29)30-3)22(26-24(27)31)18-11-13-19(14-12-18)25-20(28)15-10-17-8-6-5-7-9-17/h5-15,22H,4H2,1-3H3,(H,25,28)(H,26,31)/b15-10+. The summed E-state index contributed by atoms with van der Waals surface area (Å²) >= 11 is 5.47. The van der Waals surface area contributed by atoms with E-state index in [4.69, 9.17) is 17.0 Å². The van der Waals surface area contributed by atoms with Crippen molar-refractivity contribution < 1.29 is 14.3 Å². The van der Waals surface area contributed by atoms with Crippen LogP contribution in [0.5, 0.6) is 0 Å². The molecule has 6 nitrogen and oxygen atoms in total. The zero-order valence-corrected chi connectivity index (χ0v) is 18.5. The monoisotopic (exact) mass is 435 g/mol. The second-order valence-electron chi connectivity index (χ2n) is 6.97. The van der Waals surface area contributed by atoms with Crippen molar-refractivity contribution in [2.24, 2.45) is 0 Å². The lowest BCUT2D eigenvalue weighted by Crippen LogP contribution is -2.47. The molecule has 1 aliphatic heterocycles. The van der Waals surface area contributed by atoms with Gasteiger partial charge in [0.2, 0.25) is 5.91 Å². The van der Waals surface area contributed by atoms with Gasteiger partial charge in [0.05, 0.1) is 18.7 Å². The van der Waals surface area contributed by atoms with E-state index in [1.807, 2.05) is 61.2 Å². The zero-order valence-electron chi connectivity index (χ0n) is 17.7. The maximum absolute atomic E-state index is 12.5. The van der Waals surface area contributed by atoms with E-state index in [-0.39, 0.29) is 5.91 Å². The average molecular weight is 436 g/mol. The second kappa shape index (κ2) is 10.0. The molecule has 0 aliphatic carbocycles. The predicted octanol–water partition coefficient (Wildman–Crippen LogP) is 4.04. The summed E-state index contributed by atoms with van der Waals surface area (Å²) in [5, 5.41) is 6.62. The van der Waals surface area contributed by atoms with E-state index in [1.165, 1.54) is 13.2 Å². The fourth-order valence-corrected chi connectivity index (χ4v) is 3.85. The van der Waals surface area contributed by atoms with Gasteiger partial charge >= 0.3 is 5.97 Å². The van der Waals surface area contributed by atoms with Crippen LogP contribution >= 0.6 is 12.2 Å². The van der Waals surface area contributed by atoms with Gasteiger partial charge in [-0.25, -0.2) is 4.79 Å². The van der Waals surface area contributed by atoms with E-state index >= 15 is 0 Å². The number of ether oxygens (including phenoxy) is 1. The molecule has 1 unspecified atom stereocenters. The van der Waals surface area contributed by atoms with Crippen molar-refractivity contribution >= 4 is 41.0 Å². The number of thiocarbonyl (C=S) groups is 1. The molecule has 31 heavy (non-hydrogen) atoms. The quantitative estimate of drug-likeness (QED) is 0.406. The van der Waals surface area contributed by atoms with Crippen molar-refractivity contribution in [1.82, 2.24) is 10.2 Å². The number of hydrogen-bond donors (Lipinski definition) is 2. The Balaban J connectivity index is 1.77. The summed E-state index contributed by atoms with van der Waals surface area (Å²) in [6.07, 6.45) is 3.25. The van der Waals surface area contributed by atoms with Gasteiger partial charge in [0.25, 0.3) is 0 Å². The number of anilines is 1. The first-order valence-electron chi connectivity index (χ1n) is 9.95. The third-order valence-corrected chi connectivity index (χ3v) is 5.39.